The van der Waals surface area contributed by atoms with Gasteiger partial charge in [0.25, 0.3) is 15.6 Å². The van der Waals surface area contributed by atoms with Crippen LogP contribution in [-0.4, -0.2) is 52.9 Å². The van der Waals surface area contributed by atoms with E-state index in [4.69, 9.17) is 14.8 Å². The Morgan fingerprint density at radius 2 is 1.82 bits per heavy atom. The van der Waals surface area contributed by atoms with Crippen molar-refractivity contribution in [1.82, 2.24) is 19.6 Å². The van der Waals surface area contributed by atoms with Crippen LogP contribution < -0.4 is 14.6 Å². The summed E-state index contributed by atoms with van der Waals surface area (Å²) in [4.78, 5) is 20.9. The second-order valence-electron chi connectivity index (χ2n) is 10.0. The van der Waals surface area contributed by atoms with E-state index in [-0.39, 0.29) is 35.3 Å². The third-order valence-corrected chi connectivity index (χ3v) is 9.19. The molecule has 1 aliphatic carbocycles. The number of ether oxygens (including phenoxy) is 1. The summed E-state index contributed by atoms with van der Waals surface area (Å²) in [7, 11) is -4.08. The number of nitrogens with zero attached hydrogens (tertiary/aromatic N) is 4. The third kappa shape index (κ3) is 5.35. The van der Waals surface area contributed by atoms with Crippen LogP contribution in [0.1, 0.15) is 62.9 Å². The first kappa shape index (κ1) is 27.9. The number of aryl methyl sites for hydroxylation is 1. The van der Waals surface area contributed by atoms with Gasteiger partial charge in [0.15, 0.2) is 11.3 Å². The smallest absolute Gasteiger partial charge is 0.277 e. The Bertz CT molecular complexity index is 1640. The van der Waals surface area contributed by atoms with Crippen LogP contribution in [0.5, 0.6) is 5.75 Å². The van der Waals surface area contributed by atoms with Gasteiger partial charge >= 0.3 is 0 Å². The maximum absolute atomic E-state index is 13.8. The molecule has 11 heteroatoms. The fourth-order valence-corrected chi connectivity index (χ4v) is 6.94. The minimum atomic E-state index is -4.08. The van der Waals surface area contributed by atoms with Gasteiger partial charge in [0.1, 0.15) is 11.6 Å². The normalized spacial score (nSPS) is 14.8. The molecule has 0 spiro atoms. The quantitative estimate of drug-likeness (QED) is 0.287. The number of aromatic nitrogens is 4. The first-order chi connectivity index (χ1) is 19.3. The number of hydrogen-bond donors (Lipinski definition) is 2. The number of sulfonamides is 1. The van der Waals surface area contributed by atoms with Crippen LogP contribution >= 0.6 is 0 Å². The third-order valence-electron chi connectivity index (χ3n) is 7.36. The number of aromatic amines is 1. The van der Waals surface area contributed by atoms with Crippen LogP contribution in [0.4, 0.5) is 5.69 Å². The Labute approximate surface area is 233 Å². The average Bonchev–Trinajstić information content (AvgIpc) is 3.11. The molecule has 0 saturated heterocycles. The standard InChI is InChI=1S/C29H35N5O5S/c1-3-39-25-16-15-23(40(37,38)33(17-18-35)22-13-9-6-10-14-22)19-24(25)27-31-29(36)26-20(2)30-28(34(26)32-27)21-11-7-4-5-8-12-21/h6,9-10,13-16,19,21,35H,3-5,7-8,11-12,17-18H2,1-2H3,(H,31,32,36). The van der Waals surface area contributed by atoms with Crippen LogP contribution in [0.2, 0.25) is 0 Å². The van der Waals surface area contributed by atoms with Crippen LogP contribution in [0.15, 0.2) is 58.2 Å². The van der Waals surface area contributed by atoms with Gasteiger partial charge in [0.05, 0.1) is 41.6 Å². The van der Waals surface area contributed by atoms with Crippen molar-refractivity contribution >= 4 is 21.2 Å². The van der Waals surface area contributed by atoms with Gasteiger partial charge in [-0.25, -0.2) is 17.9 Å². The Morgan fingerprint density at radius 1 is 1.10 bits per heavy atom. The van der Waals surface area contributed by atoms with E-state index < -0.39 is 10.0 Å². The molecule has 0 unspecified atom stereocenters. The number of aliphatic hydroxyl groups excluding tert-OH is 1. The van der Waals surface area contributed by atoms with Gasteiger partial charge in [0.2, 0.25) is 0 Å². The zero-order valence-electron chi connectivity index (χ0n) is 22.8. The summed E-state index contributed by atoms with van der Waals surface area (Å²) in [6.07, 6.45) is 6.56. The van der Waals surface area contributed by atoms with Crippen molar-refractivity contribution in [3.63, 3.8) is 0 Å². The number of fused-ring (bicyclic) bond motifs is 1. The van der Waals surface area contributed by atoms with E-state index in [1.54, 1.807) is 40.9 Å². The zero-order valence-corrected chi connectivity index (χ0v) is 23.7. The summed E-state index contributed by atoms with van der Waals surface area (Å²) < 4.78 is 36.3. The molecule has 0 radical (unpaired) electrons. The maximum atomic E-state index is 13.8. The minimum absolute atomic E-state index is 0.0168. The van der Waals surface area contributed by atoms with Gasteiger partial charge in [-0.05, 0) is 57.0 Å². The van der Waals surface area contributed by atoms with E-state index in [0.29, 0.717) is 34.8 Å². The first-order valence-corrected chi connectivity index (χ1v) is 15.2. The number of rotatable bonds is 9. The molecule has 2 N–H and O–H groups in total. The average molecular weight is 566 g/mol. The van der Waals surface area contributed by atoms with Crippen molar-refractivity contribution in [3.8, 4) is 17.1 Å². The fraction of sp³-hybridized carbons (Fsp3) is 0.414. The van der Waals surface area contributed by atoms with E-state index in [2.05, 4.69) is 4.98 Å². The van der Waals surface area contributed by atoms with Crippen molar-refractivity contribution < 1.29 is 18.3 Å². The monoisotopic (exact) mass is 565 g/mol. The molecule has 1 fully saturated rings. The Kier molecular flexibility index (Phi) is 8.22. The van der Waals surface area contributed by atoms with E-state index in [0.717, 1.165) is 35.8 Å². The molecule has 212 valence electrons. The highest BCUT2D eigenvalue weighted by atomic mass is 32.2. The highest BCUT2D eigenvalue weighted by molar-refractivity contribution is 7.92. The van der Waals surface area contributed by atoms with Crippen LogP contribution in [0.3, 0.4) is 0 Å². The van der Waals surface area contributed by atoms with Crippen molar-refractivity contribution in [2.45, 2.75) is 63.2 Å². The van der Waals surface area contributed by atoms with Gasteiger partial charge in [-0.2, -0.15) is 0 Å². The molecule has 0 atom stereocenters. The Balaban J connectivity index is 1.66. The molecule has 2 aromatic heterocycles. The van der Waals surface area contributed by atoms with Crippen LogP contribution in [0.25, 0.3) is 16.9 Å². The molecule has 0 amide bonds. The minimum Gasteiger partial charge on any atom is -0.493 e. The predicted octanol–water partition coefficient (Wildman–Crippen LogP) is 4.42. The molecule has 5 rings (SSSR count). The fourth-order valence-electron chi connectivity index (χ4n) is 5.45. The lowest BCUT2D eigenvalue weighted by Crippen LogP contribution is -2.33. The van der Waals surface area contributed by atoms with E-state index in [1.807, 2.05) is 13.8 Å². The number of hydrogen-bond acceptors (Lipinski definition) is 7. The van der Waals surface area contributed by atoms with Gasteiger partial charge in [-0.15, -0.1) is 5.10 Å². The van der Waals surface area contributed by atoms with E-state index in [9.17, 15) is 18.3 Å². The molecule has 2 heterocycles. The number of H-pyrrole nitrogens is 1. The molecular formula is C29H35N5O5S. The summed E-state index contributed by atoms with van der Waals surface area (Å²) in [5.41, 5.74) is 1.43. The van der Waals surface area contributed by atoms with Crippen LogP contribution in [0, 0.1) is 6.92 Å². The number of aliphatic hydroxyl groups is 1. The number of imidazole rings is 1. The maximum Gasteiger partial charge on any atom is 0.277 e. The lowest BCUT2D eigenvalue weighted by molar-refractivity contribution is 0.306. The van der Waals surface area contributed by atoms with Crippen molar-refractivity contribution in [2.75, 3.05) is 24.1 Å². The van der Waals surface area contributed by atoms with E-state index >= 15 is 0 Å². The molecule has 0 aliphatic heterocycles. The molecule has 2 aromatic carbocycles. The molecule has 0 bridgehead atoms. The molecular weight excluding hydrogens is 530 g/mol. The zero-order chi connectivity index (χ0) is 28.3. The molecule has 4 aromatic rings. The van der Waals surface area contributed by atoms with Gasteiger partial charge < -0.3 is 14.8 Å². The predicted molar refractivity (Wildman–Crippen MR) is 153 cm³/mol. The van der Waals surface area contributed by atoms with Gasteiger partial charge in [0, 0.05) is 5.92 Å². The molecule has 1 aliphatic rings. The summed E-state index contributed by atoms with van der Waals surface area (Å²) >= 11 is 0. The number of nitrogens with one attached hydrogen (secondary N) is 1. The second-order valence-corrected chi connectivity index (χ2v) is 11.9. The number of para-hydroxylation sites is 1. The summed E-state index contributed by atoms with van der Waals surface area (Å²) in [5, 5.41) is 14.5. The molecule has 10 nitrogen and oxygen atoms in total. The first-order valence-electron chi connectivity index (χ1n) is 13.8. The van der Waals surface area contributed by atoms with Crippen molar-refractivity contribution in [3.05, 3.63) is 70.4 Å². The number of benzene rings is 2. The SMILES string of the molecule is CCOc1ccc(S(=O)(=O)N(CCO)c2ccccc2)cc1-c1nn2c(C3CCCCCC3)nc(C)c2c(=O)[nH]1. The number of anilines is 1. The summed E-state index contributed by atoms with van der Waals surface area (Å²) in [6.45, 7) is 3.51. The van der Waals surface area contributed by atoms with Crippen molar-refractivity contribution in [2.24, 2.45) is 0 Å². The van der Waals surface area contributed by atoms with Gasteiger partial charge in [-0.1, -0.05) is 43.9 Å². The lowest BCUT2D eigenvalue weighted by Gasteiger charge is -2.24. The van der Waals surface area contributed by atoms with Crippen LogP contribution in [-0.2, 0) is 10.0 Å². The summed E-state index contributed by atoms with van der Waals surface area (Å²) in [5.74, 6) is 1.55. The van der Waals surface area contributed by atoms with Crippen molar-refractivity contribution in [1.29, 1.82) is 0 Å². The summed E-state index contributed by atoms with van der Waals surface area (Å²) in [6, 6.07) is 13.1. The van der Waals surface area contributed by atoms with Gasteiger partial charge in [-0.3, -0.25) is 9.10 Å². The molecule has 40 heavy (non-hydrogen) atoms. The highest BCUT2D eigenvalue weighted by Crippen LogP contribution is 2.34. The highest BCUT2D eigenvalue weighted by Gasteiger charge is 2.28. The van der Waals surface area contributed by atoms with E-state index in [1.165, 1.54) is 25.0 Å². The molecule has 1 saturated carbocycles. The largest absolute Gasteiger partial charge is 0.493 e. The Hall–Kier alpha value is -3.70. The Morgan fingerprint density at radius 3 is 2.50 bits per heavy atom. The topological polar surface area (TPSA) is 130 Å². The lowest BCUT2D eigenvalue weighted by atomic mass is 10.00. The second kappa shape index (κ2) is 11.8.